The van der Waals surface area contributed by atoms with Crippen molar-refractivity contribution in [2.45, 2.75) is 13.8 Å². The highest BCUT2D eigenvalue weighted by Gasteiger charge is 2.10. The maximum atomic E-state index is 11.7. The minimum atomic E-state index is -0.352. The summed E-state index contributed by atoms with van der Waals surface area (Å²) in [6.45, 7) is 4.14. The summed E-state index contributed by atoms with van der Waals surface area (Å²) in [4.78, 5) is 20.1. The molecule has 0 saturated heterocycles. The highest BCUT2D eigenvalue weighted by Crippen LogP contribution is 2.28. The van der Waals surface area contributed by atoms with Gasteiger partial charge in [-0.3, -0.25) is 0 Å². The van der Waals surface area contributed by atoms with Gasteiger partial charge in [0.2, 0.25) is 0 Å². The van der Waals surface area contributed by atoms with Crippen molar-refractivity contribution in [2.24, 2.45) is 0 Å². The monoisotopic (exact) mass is 363 g/mol. The van der Waals surface area contributed by atoms with Crippen molar-refractivity contribution in [2.75, 3.05) is 23.0 Å². The Bertz CT molecular complexity index is 924. The van der Waals surface area contributed by atoms with E-state index in [1.54, 1.807) is 31.2 Å². The summed E-state index contributed by atoms with van der Waals surface area (Å²) in [5.74, 6) is 0.637. The maximum absolute atomic E-state index is 11.7. The van der Waals surface area contributed by atoms with Crippen LogP contribution in [0.4, 0.5) is 28.7 Å². The van der Waals surface area contributed by atoms with Crippen LogP contribution in [0.25, 0.3) is 0 Å². The summed E-state index contributed by atoms with van der Waals surface area (Å²) < 4.78 is 4.98. The molecule has 0 spiro atoms. The molecule has 1 aromatic heterocycles. The highest BCUT2D eigenvalue weighted by atomic mass is 16.5. The van der Waals surface area contributed by atoms with Crippen LogP contribution in [0.15, 0.2) is 54.9 Å². The van der Waals surface area contributed by atoms with Gasteiger partial charge in [0, 0.05) is 11.4 Å². The number of carbonyl (C=O) groups excluding carboxylic acids is 1. The first-order valence-corrected chi connectivity index (χ1v) is 8.55. The molecule has 7 heteroatoms. The Morgan fingerprint density at radius 3 is 2.00 bits per heavy atom. The standard InChI is InChI=1S/C20H21N5O2/c1-3-27-20(26)14-6-10-16(11-7-14)25-19-17(21)18(22-12-23-19)24-15-8-4-13(2)5-9-15/h4-12H,3,21H2,1-2H3,(H2,22,23,24,25). The van der Waals surface area contributed by atoms with Gasteiger partial charge in [0.25, 0.3) is 0 Å². The molecular formula is C20H21N5O2. The first kappa shape index (κ1) is 18.2. The van der Waals surface area contributed by atoms with Gasteiger partial charge < -0.3 is 21.1 Å². The van der Waals surface area contributed by atoms with E-state index in [-0.39, 0.29) is 5.97 Å². The minimum Gasteiger partial charge on any atom is -0.462 e. The molecular weight excluding hydrogens is 342 g/mol. The lowest BCUT2D eigenvalue weighted by Gasteiger charge is -2.13. The number of hydrogen-bond donors (Lipinski definition) is 3. The van der Waals surface area contributed by atoms with Gasteiger partial charge in [0.05, 0.1) is 12.2 Å². The number of rotatable bonds is 6. The fraction of sp³-hybridized carbons (Fsp3) is 0.150. The Morgan fingerprint density at radius 1 is 0.963 bits per heavy atom. The first-order valence-electron chi connectivity index (χ1n) is 8.55. The smallest absolute Gasteiger partial charge is 0.338 e. The van der Waals surface area contributed by atoms with Gasteiger partial charge in [-0.1, -0.05) is 17.7 Å². The van der Waals surface area contributed by atoms with Crippen molar-refractivity contribution >= 4 is 34.7 Å². The summed E-state index contributed by atoms with van der Waals surface area (Å²) >= 11 is 0. The predicted molar refractivity (Wildman–Crippen MR) is 107 cm³/mol. The van der Waals surface area contributed by atoms with Crippen LogP contribution < -0.4 is 16.4 Å². The number of nitrogens with zero attached hydrogens (tertiary/aromatic N) is 2. The van der Waals surface area contributed by atoms with Crippen LogP contribution in [0.3, 0.4) is 0 Å². The van der Waals surface area contributed by atoms with Crippen LogP contribution in [0, 0.1) is 6.92 Å². The van der Waals surface area contributed by atoms with Gasteiger partial charge in [0.1, 0.15) is 12.0 Å². The third-order valence-corrected chi connectivity index (χ3v) is 3.86. The zero-order valence-electron chi connectivity index (χ0n) is 15.2. The molecule has 0 aliphatic heterocycles. The second-order valence-corrected chi connectivity index (χ2v) is 5.90. The summed E-state index contributed by atoms with van der Waals surface area (Å²) in [5.41, 5.74) is 9.89. The lowest BCUT2D eigenvalue weighted by molar-refractivity contribution is 0.0526. The van der Waals surface area contributed by atoms with E-state index in [4.69, 9.17) is 10.5 Å². The second-order valence-electron chi connectivity index (χ2n) is 5.90. The lowest BCUT2D eigenvalue weighted by Crippen LogP contribution is -2.06. The third kappa shape index (κ3) is 4.52. The molecule has 27 heavy (non-hydrogen) atoms. The molecule has 0 saturated carbocycles. The number of esters is 1. The Labute approximate surface area is 157 Å². The molecule has 3 rings (SSSR count). The van der Waals surface area contributed by atoms with Gasteiger partial charge in [-0.25, -0.2) is 14.8 Å². The molecule has 0 bridgehead atoms. The van der Waals surface area contributed by atoms with Crippen molar-refractivity contribution in [1.29, 1.82) is 0 Å². The van der Waals surface area contributed by atoms with E-state index >= 15 is 0 Å². The van der Waals surface area contributed by atoms with Crippen molar-refractivity contribution in [3.8, 4) is 0 Å². The number of carbonyl (C=O) groups is 1. The molecule has 0 amide bonds. The zero-order chi connectivity index (χ0) is 19.2. The number of nitrogen functional groups attached to an aromatic ring is 1. The van der Waals surface area contributed by atoms with E-state index < -0.39 is 0 Å². The average molecular weight is 363 g/mol. The first-order chi connectivity index (χ1) is 13.1. The van der Waals surface area contributed by atoms with Crippen LogP contribution in [-0.4, -0.2) is 22.5 Å². The van der Waals surface area contributed by atoms with Crippen LogP contribution in [0.5, 0.6) is 0 Å². The fourth-order valence-electron chi connectivity index (χ4n) is 2.41. The van der Waals surface area contributed by atoms with Gasteiger partial charge in [0.15, 0.2) is 11.6 Å². The molecule has 0 radical (unpaired) electrons. The Hall–Kier alpha value is -3.61. The quantitative estimate of drug-likeness (QED) is 0.568. The molecule has 7 nitrogen and oxygen atoms in total. The van der Waals surface area contributed by atoms with Crippen molar-refractivity contribution in [1.82, 2.24) is 9.97 Å². The van der Waals surface area contributed by atoms with Crippen molar-refractivity contribution in [3.63, 3.8) is 0 Å². The van der Waals surface area contributed by atoms with Crippen LogP contribution in [0.1, 0.15) is 22.8 Å². The number of nitrogens with two attached hydrogens (primary N) is 1. The molecule has 3 aromatic rings. The number of anilines is 5. The topological polar surface area (TPSA) is 102 Å². The summed E-state index contributed by atoms with van der Waals surface area (Å²) in [5, 5.41) is 6.32. The predicted octanol–water partition coefficient (Wildman–Crippen LogP) is 4.03. The van der Waals surface area contributed by atoms with Crippen LogP contribution in [0.2, 0.25) is 0 Å². The Kier molecular flexibility index (Phi) is 5.51. The van der Waals surface area contributed by atoms with Crippen LogP contribution in [-0.2, 0) is 4.74 Å². The number of nitrogens with one attached hydrogen (secondary N) is 2. The molecule has 0 atom stereocenters. The Balaban J connectivity index is 1.75. The van der Waals surface area contributed by atoms with E-state index in [9.17, 15) is 4.79 Å². The van der Waals surface area contributed by atoms with E-state index in [0.717, 1.165) is 11.4 Å². The third-order valence-electron chi connectivity index (χ3n) is 3.86. The normalized spacial score (nSPS) is 10.3. The van der Waals surface area contributed by atoms with Gasteiger partial charge in [-0.05, 0) is 50.2 Å². The largest absolute Gasteiger partial charge is 0.462 e. The number of ether oxygens (including phenoxy) is 1. The SMILES string of the molecule is CCOC(=O)c1ccc(Nc2ncnc(Nc3ccc(C)cc3)c2N)cc1. The Morgan fingerprint density at radius 2 is 1.48 bits per heavy atom. The number of aryl methyl sites for hydroxylation is 1. The zero-order valence-corrected chi connectivity index (χ0v) is 15.2. The molecule has 2 aromatic carbocycles. The van der Waals surface area contributed by atoms with E-state index in [2.05, 4.69) is 20.6 Å². The van der Waals surface area contributed by atoms with Crippen molar-refractivity contribution in [3.05, 3.63) is 66.0 Å². The lowest BCUT2D eigenvalue weighted by atomic mass is 10.2. The van der Waals surface area contributed by atoms with E-state index in [0.29, 0.717) is 29.5 Å². The molecule has 0 aliphatic carbocycles. The fourth-order valence-corrected chi connectivity index (χ4v) is 2.41. The summed E-state index contributed by atoms with van der Waals surface area (Å²) in [7, 11) is 0. The molecule has 4 N–H and O–H groups in total. The molecule has 0 aliphatic rings. The van der Waals surface area contributed by atoms with E-state index in [1.165, 1.54) is 11.9 Å². The number of aromatic nitrogens is 2. The molecule has 0 fully saturated rings. The molecule has 0 unspecified atom stereocenters. The number of hydrogen-bond acceptors (Lipinski definition) is 7. The van der Waals surface area contributed by atoms with Crippen LogP contribution >= 0.6 is 0 Å². The molecule has 138 valence electrons. The maximum Gasteiger partial charge on any atom is 0.338 e. The highest BCUT2D eigenvalue weighted by molar-refractivity contribution is 5.90. The average Bonchev–Trinajstić information content (AvgIpc) is 2.67. The van der Waals surface area contributed by atoms with Gasteiger partial charge in [-0.15, -0.1) is 0 Å². The summed E-state index contributed by atoms with van der Waals surface area (Å²) in [6.07, 6.45) is 1.43. The second kappa shape index (κ2) is 8.18. The summed E-state index contributed by atoms with van der Waals surface area (Å²) in [6, 6.07) is 14.8. The molecule has 1 heterocycles. The minimum absolute atomic E-state index is 0.340. The number of benzene rings is 2. The van der Waals surface area contributed by atoms with Gasteiger partial charge >= 0.3 is 5.97 Å². The van der Waals surface area contributed by atoms with E-state index in [1.807, 2.05) is 31.2 Å². The van der Waals surface area contributed by atoms with Gasteiger partial charge in [-0.2, -0.15) is 0 Å². The van der Waals surface area contributed by atoms with Crippen molar-refractivity contribution < 1.29 is 9.53 Å².